The largest absolute Gasteiger partial charge is 0.253 e. The molecule has 0 aliphatic carbocycles. The first kappa shape index (κ1) is 19.2. The van der Waals surface area contributed by atoms with Crippen molar-refractivity contribution in [2.45, 2.75) is 48.5 Å². The minimum atomic E-state index is 0.133. The van der Waals surface area contributed by atoms with Crippen molar-refractivity contribution in [3.05, 3.63) is 45.6 Å². The number of halogens is 2. The summed E-state index contributed by atoms with van der Waals surface area (Å²) in [6.07, 6.45) is 3.83. The van der Waals surface area contributed by atoms with Crippen LogP contribution in [0.1, 0.15) is 48.5 Å². The highest BCUT2D eigenvalue weighted by molar-refractivity contribution is 6.40. The average molecular weight is 314 g/mol. The van der Waals surface area contributed by atoms with Crippen molar-refractivity contribution in [3.8, 4) is 0 Å². The predicted octanol–water partition coefficient (Wildman–Crippen LogP) is 6.61. The number of nitrogens with zero attached hydrogens (tertiary/aromatic N) is 1. The molecule has 0 aliphatic heterocycles. The Balaban J connectivity index is 5.55. The second-order valence-electron chi connectivity index (χ2n) is 6.02. The smallest absolute Gasteiger partial charge is 0.0671 e. The van der Waals surface area contributed by atoms with Gasteiger partial charge in [-0.1, -0.05) is 56.1 Å². The van der Waals surface area contributed by atoms with Crippen LogP contribution in [0.2, 0.25) is 0 Å². The molecule has 0 spiro atoms. The van der Waals surface area contributed by atoms with Crippen molar-refractivity contribution in [2.24, 2.45) is 10.4 Å². The molecule has 0 unspecified atom stereocenters. The van der Waals surface area contributed by atoms with Crippen LogP contribution in [-0.4, -0.2) is 5.71 Å². The Bertz CT molecular complexity index is 494. The summed E-state index contributed by atoms with van der Waals surface area (Å²) in [6, 6.07) is 0. The minimum Gasteiger partial charge on any atom is -0.253 e. The number of rotatable bonds is 4. The van der Waals surface area contributed by atoms with E-state index < -0.39 is 0 Å². The highest BCUT2D eigenvalue weighted by atomic mass is 35.5. The van der Waals surface area contributed by atoms with Gasteiger partial charge in [-0.05, 0) is 50.8 Å². The molecule has 0 fully saturated rings. The normalized spacial score (nSPS) is 16.1. The molecule has 0 aliphatic rings. The molecule has 0 N–H and O–H groups in total. The topological polar surface area (TPSA) is 12.4 Å². The van der Waals surface area contributed by atoms with E-state index in [0.29, 0.717) is 10.1 Å². The third-order valence-corrected chi connectivity index (χ3v) is 3.63. The first-order valence-corrected chi connectivity index (χ1v) is 7.34. The Morgan fingerprint density at radius 1 is 1.00 bits per heavy atom. The fraction of sp³-hybridized carbons (Fsp3) is 0.471. The number of allylic oxidation sites excluding steroid dienone is 6. The first-order chi connectivity index (χ1) is 8.95. The molecule has 0 heterocycles. The summed E-state index contributed by atoms with van der Waals surface area (Å²) in [5.74, 6) is 0. The van der Waals surface area contributed by atoms with Gasteiger partial charge in [-0.15, -0.1) is 0 Å². The van der Waals surface area contributed by atoms with Gasteiger partial charge in [0.05, 0.1) is 10.7 Å². The van der Waals surface area contributed by atoms with Crippen molar-refractivity contribution >= 4 is 28.9 Å². The summed E-state index contributed by atoms with van der Waals surface area (Å²) in [5, 5.41) is 1.03. The molecule has 3 heteroatoms. The van der Waals surface area contributed by atoms with Crippen molar-refractivity contribution in [3.63, 3.8) is 0 Å². The van der Waals surface area contributed by atoms with E-state index >= 15 is 0 Å². The van der Waals surface area contributed by atoms with Crippen LogP contribution in [0.15, 0.2) is 50.6 Å². The van der Waals surface area contributed by atoms with Crippen LogP contribution in [0, 0.1) is 5.41 Å². The molecule has 0 radical (unpaired) electrons. The number of aliphatic imine (C=N–C) groups is 1. The van der Waals surface area contributed by atoms with E-state index in [4.69, 9.17) is 23.2 Å². The summed E-state index contributed by atoms with van der Waals surface area (Å²) in [6.45, 7) is 18.2. The van der Waals surface area contributed by atoms with Gasteiger partial charge in [-0.2, -0.15) is 0 Å². The fourth-order valence-corrected chi connectivity index (χ4v) is 1.38. The molecule has 0 aromatic rings. The molecule has 1 nitrogen and oxygen atoms in total. The van der Waals surface area contributed by atoms with Gasteiger partial charge in [-0.25, -0.2) is 0 Å². The van der Waals surface area contributed by atoms with Crippen LogP contribution in [0.5, 0.6) is 0 Å². The van der Waals surface area contributed by atoms with Crippen LogP contribution < -0.4 is 0 Å². The zero-order valence-corrected chi connectivity index (χ0v) is 15.1. The van der Waals surface area contributed by atoms with E-state index in [1.165, 1.54) is 5.57 Å². The first-order valence-electron chi connectivity index (χ1n) is 6.58. The van der Waals surface area contributed by atoms with Gasteiger partial charge in [0.15, 0.2) is 0 Å². The molecule has 0 bridgehead atoms. The summed E-state index contributed by atoms with van der Waals surface area (Å²) in [5.41, 5.74) is 3.92. The van der Waals surface area contributed by atoms with Crippen LogP contribution >= 0.6 is 23.2 Å². The zero-order valence-electron chi connectivity index (χ0n) is 13.6. The molecule has 0 aromatic heterocycles. The SMILES string of the molecule is C=C(C)C(=C\C(Cl)=C(/C)Cl)/N=C(C)\C=C(\C)C(C)(C)C. The van der Waals surface area contributed by atoms with Gasteiger partial charge in [0.25, 0.3) is 0 Å². The minimum absolute atomic E-state index is 0.133. The van der Waals surface area contributed by atoms with E-state index in [0.717, 1.165) is 17.0 Å². The van der Waals surface area contributed by atoms with Gasteiger partial charge in [-0.3, -0.25) is 4.99 Å². The Morgan fingerprint density at radius 2 is 1.50 bits per heavy atom. The summed E-state index contributed by atoms with van der Waals surface area (Å²) in [4.78, 5) is 4.58. The average Bonchev–Trinajstić information content (AvgIpc) is 2.25. The summed E-state index contributed by atoms with van der Waals surface area (Å²) < 4.78 is 0. The number of hydrogen-bond acceptors (Lipinski definition) is 1. The van der Waals surface area contributed by atoms with Gasteiger partial charge in [0, 0.05) is 10.7 Å². The van der Waals surface area contributed by atoms with E-state index in [2.05, 4.69) is 45.3 Å². The monoisotopic (exact) mass is 313 g/mol. The fourth-order valence-electron chi connectivity index (χ4n) is 1.22. The second-order valence-corrected chi connectivity index (χ2v) is 7.00. The Morgan fingerprint density at radius 3 is 1.85 bits per heavy atom. The van der Waals surface area contributed by atoms with Gasteiger partial charge >= 0.3 is 0 Å². The van der Waals surface area contributed by atoms with Gasteiger partial charge in [0.1, 0.15) is 0 Å². The third kappa shape index (κ3) is 7.12. The van der Waals surface area contributed by atoms with E-state index in [1.54, 1.807) is 13.0 Å². The molecule has 0 rings (SSSR count). The summed E-state index contributed by atoms with van der Waals surface area (Å²) >= 11 is 11.9. The van der Waals surface area contributed by atoms with Crippen LogP contribution in [0.4, 0.5) is 0 Å². The van der Waals surface area contributed by atoms with E-state index in [-0.39, 0.29) is 5.41 Å². The standard InChI is InChI=1S/C17H25Cl2N/c1-11(2)16(10-15(19)14(5)18)20-13(4)9-12(3)17(6,7)8/h9-10H,1H2,2-8H3/b12-9-,15-14-,16-10+,20-13-. The quantitative estimate of drug-likeness (QED) is 0.409. The van der Waals surface area contributed by atoms with Crippen molar-refractivity contribution in [1.82, 2.24) is 0 Å². The molecule has 112 valence electrons. The highest BCUT2D eigenvalue weighted by Gasteiger charge is 2.12. The van der Waals surface area contributed by atoms with Crippen LogP contribution in [0.3, 0.4) is 0 Å². The van der Waals surface area contributed by atoms with E-state index in [9.17, 15) is 0 Å². The Labute approximate surface area is 133 Å². The third-order valence-electron chi connectivity index (χ3n) is 2.94. The lowest BCUT2D eigenvalue weighted by molar-refractivity contribution is 0.504. The Hall–Kier alpha value is -0.790. The molecule has 20 heavy (non-hydrogen) atoms. The lowest BCUT2D eigenvalue weighted by Gasteiger charge is -2.19. The molecule has 0 atom stereocenters. The number of hydrogen-bond donors (Lipinski definition) is 0. The van der Waals surface area contributed by atoms with Crippen molar-refractivity contribution in [2.75, 3.05) is 0 Å². The molecular formula is C17H25Cl2N. The lowest BCUT2D eigenvalue weighted by atomic mass is 9.87. The molecule has 0 saturated carbocycles. The highest BCUT2D eigenvalue weighted by Crippen LogP contribution is 2.25. The maximum atomic E-state index is 6.06. The van der Waals surface area contributed by atoms with E-state index in [1.807, 2.05) is 13.8 Å². The molecule has 0 amide bonds. The summed E-state index contributed by atoms with van der Waals surface area (Å²) in [7, 11) is 0. The lowest BCUT2D eigenvalue weighted by Crippen LogP contribution is -2.08. The van der Waals surface area contributed by atoms with Crippen molar-refractivity contribution in [1.29, 1.82) is 0 Å². The molecular weight excluding hydrogens is 289 g/mol. The molecule has 0 aromatic carbocycles. The molecule has 0 saturated heterocycles. The predicted molar refractivity (Wildman–Crippen MR) is 93.6 cm³/mol. The Kier molecular flexibility index (Phi) is 7.54. The second kappa shape index (κ2) is 7.85. The maximum absolute atomic E-state index is 6.06. The van der Waals surface area contributed by atoms with Crippen molar-refractivity contribution < 1.29 is 0 Å². The van der Waals surface area contributed by atoms with Crippen LogP contribution in [-0.2, 0) is 0 Å². The zero-order chi connectivity index (χ0) is 16.1. The van der Waals surface area contributed by atoms with Crippen LogP contribution in [0.25, 0.3) is 0 Å². The maximum Gasteiger partial charge on any atom is 0.0671 e. The van der Waals surface area contributed by atoms with Gasteiger partial charge < -0.3 is 0 Å². The van der Waals surface area contributed by atoms with Gasteiger partial charge in [0.2, 0.25) is 0 Å².